The van der Waals surface area contributed by atoms with Crippen LogP contribution in [0, 0.1) is 0 Å². The zero-order chi connectivity index (χ0) is 13.1. The third-order valence-electron chi connectivity index (χ3n) is 2.02. The quantitative estimate of drug-likeness (QED) is 0.638. The maximum atomic E-state index is 11.7. The Bertz CT molecular complexity index is 611. The van der Waals surface area contributed by atoms with Crippen molar-refractivity contribution < 1.29 is 9.59 Å². The minimum absolute atomic E-state index is 0.333. The molecule has 2 aromatic heterocycles. The largest absolute Gasteiger partial charge is 0.274 e. The van der Waals surface area contributed by atoms with Gasteiger partial charge in [0.1, 0.15) is 0 Å². The lowest BCUT2D eigenvalue weighted by molar-refractivity contribution is -0.119. The van der Waals surface area contributed by atoms with Crippen molar-refractivity contribution in [1.82, 2.24) is 20.8 Å². The second-order valence-electron chi connectivity index (χ2n) is 3.36. The van der Waals surface area contributed by atoms with E-state index in [0.29, 0.717) is 11.2 Å². The van der Waals surface area contributed by atoms with Crippen LogP contribution in [0.4, 0.5) is 0 Å². The van der Waals surface area contributed by atoms with Crippen molar-refractivity contribution >= 4 is 45.3 Å². The summed E-state index contributed by atoms with van der Waals surface area (Å²) in [5.74, 6) is -0.737. The van der Waals surface area contributed by atoms with E-state index in [4.69, 9.17) is 0 Å². The highest BCUT2D eigenvalue weighted by atomic mass is 32.2. The van der Waals surface area contributed by atoms with E-state index in [9.17, 15) is 9.59 Å². The number of pyridine rings is 1. The molecule has 0 aromatic carbocycles. The molecule has 0 saturated heterocycles. The summed E-state index contributed by atoms with van der Waals surface area (Å²) in [6, 6.07) is 1.71. The maximum Gasteiger partial charge on any atom is 0.271 e. The molecule has 8 heteroatoms. The zero-order valence-corrected chi connectivity index (χ0v) is 11.3. The molecule has 2 rings (SSSR count). The van der Waals surface area contributed by atoms with Gasteiger partial charge in [-0.25, -0.2) is 9.97 Å². The summed E-state index contributed by atoms with van der Waals surface area (Å²) in [6.45, 7) is 1.32. The summed E-state index contributed by atoms with van der Waals surface area (Å²) >= 11 is 3.01. The molecule has 0 saturated carbocycles. The van der Waals surface area contributed by atoms with Crippen LogP contribution in [-0.4, -0.2) is 28.0 Å². The number of hydrazine groups is 1. The van der Waals surface area contributed by atoms with Crippen LogP contribution in [0.3, 0.4) is 0 Å². The van der Waals surface area contributed by atoms with Crippen molar-refractivity contribution in [3.63, 3.8) is 0 Å². The molecule has 2 amide bonds. The van der Waals surface area contributed by atoms with Crippen LogP contribution in [0.2, 0.25) is 0 Å². The molecule has 18 heavy (non-hydrogen) atoms. The summed E-state index contributed by atoms with van der Waals surface area (Å²) in [5.41, 5.74) is 5.52. The Kier molecular flexibility index (Phi) is 3.78. The van der Waals surface area contributed by atoms with Crippen LogP contribution in [0.25, 0.3) is 10.3 Å². The molecule has 0 unspecified atom stereocenters. The first-order valence-electron chi connectivity index (χ1n) is 4.97. The number of thioether (sulfide) groups is 1. The van der Waals surface area contributed by atoms with Crippen LogP contribution in [0.5, 0.6) is 0 Å². The summed E-state index contributed by atoms with van der Waals surface area (Å²) in [5, 5.41) is 0. The lowest BCUT2D eigenvalue weighted by Gasteiger charge is -2.03. The Labute approximate surface area is 111 Å². The molecule has 0 fully saturated rings. The van der Waals surface area contributed by atoms with Gasteiger partial charge in [-0.2, -0.15) is 0 Å². The van der Waals surface area contributed by atoms with E-state index in [0.717, 1.165) is 9.04 Å². The average molecular weight is 282 g/mol. The molecular weight excluding hydrogens is 272 g/mol. The topological polar surface area (TPSA) is 84.0 Å². The summed E-state index contributed by atoms with van der Waals surface area (Å²) < 4.78 is 1.74. The van der Waals surface area contributed by atoms with E-state index in [2.05, 4.69) is 20.8 Å². The fourth-order valence-electron chi connectivity index (χ4n) is 1.23. The van der Waals surface area contributed by atoms with Crippen molar-refractivity contribution in [2.45, 2.75) is 11.3 Å². The minimum Gasteiger partial charge on any atom is -0.274 e. The van der Waals surface area contributed by atoms with Crippen LogP contribution >= 0.6 is 23.1 Å². The number of nitrogens with one attached hydrogen (secondary N) is 2. The van der Waals surface area contributed by atoms with Gasteiger partial charge >= 0.3 is 0 Å². The minimum atomic E-state index is -0.404. The molecule has 0 aliphatic heterocycles. The molecule has 94 valence electrons. The summed E-state index contributed by atoms with van der Waals surface area (Å²) in [7, 11) is 0. The Morgan fingerprint density at radius 2 is 2.17 bits per heavy atom. The van der Waals surface area contributed by atoms with Crippen molar-refractivity contribution in [2.75, 3.05) is 6.26 Å². The molecule has 0 aliphatic carbocycles. The van der Waals surface area contributed by atoms with E-state index in [1.807, 2.05) is 6.26 Å². The number of carbonyl (C=O) groups excluding carboxylic acids is 2. The Balaban J connectivity index is 2.23. The van der Waals surface area contributed by atoms with Crippen molar-refractivity contribution in [3.05, 3.63) is 17.8 Å². The fourth-order valence-corrected chi connectivity index (χ4v) is 2.70. The molecule has 0 aliphatic rings. The van der Waals surface area contributed by atoms with E-state index in [1.165, 1.54) is 36.2 Å². The molecule has 0 spiro atoms. The number of hydrogen-bond acceptors (Lipinski definition) is 6. The van der Waals surface area contributed by atoms with Crippen LogP contribution in [0.15, 0.2) is 16.6 Å². The van der Waals surface area contributed by atoms with Gasteiger partial charge in [-0.3, -0.25) is 20.4 Å². The third kappa shape index (κ3) is 2.77. The monoisotopic (exact) mass is 282 g/mol. The lowest BCUT2D eigenvalue weighted by atomic mass is 10.3. The first-order valence-corrected chi connectivity index (χ1v) is 7.02. The zero-order valence-electron chi connectivity index (χ0n) is 9.68. The van der Waals surface area contributed by atoms with Crippen molar-refractivity contribution in [2.24, 2.45) is 0 Å². The van der Waals surface area contributed by atoms with Gasteiger partial charge in [0.05, 0.1) is 10.3 Å². The second kappa shape index (κ2) is 5.32. The van der Waals surface area contributed by atoms with Gasteiger partial charge in [-0.1, -0.05) is 11.8 Å². The van der Waals surface area contributed by atoms with Gasteiger partial charge in [0.15, 0.2) is 9.99 Å². The highest BCUT2D eigenvalue weighted by molar-refractivity contribution is 8.00. The summed E-state index contributed by atoms with van der Waals surface area (Å²) in [6.07, 6.45) is 3.37. The molecule has 2 aromatic rings. The number of amides is 2. The summed E-state index contributed by atoms with van der Waals surface area (Å²) in [4.78, 5) is 30.7. The predicted molar refractivity (Wildman–Crippen MR) is 70.5 cm³/mol. The van der Waals surface area contributed by atoms with Gasteiger partial charge < -0.3 is 0 Å². The number of thiazole rings is 1. The van der Waals surface area contributed by atoms with E-state index < -0.39 is 5.91 Å². The highest BCUT2D eigenvalue weighted by Gasteiger charge is 2.10. The SMILES string of the molecule is CSc1nc2ncc(C(=O)NNC(C)=O)cc2s1. The van der Waals surface area contributed by atoms with E-state index >= 15 is 0 Å². The smallest absolute Gasteiger partial charge is 0.271 e. The standard InChI is InChI=1S/C10H10N4O2S2/c1-5(15)13-14-9(16)6-3-7-8(11-4-6)12-10(17-2)18-7/h3-4H,1-2H3,(H,13,15)(H,14,16). The second-order valence-corrected chi connectivity index (χ2v) is 5.45. The first kappa shape index (κ1) is 12.8. The maximum absolute atomic E-state index is 11.7. The molecular formula is C10H10N4O2S2. The number of hydrogen-bond donors (Lipinski definition) is 2. The third-order valence-corrected chi connectivity index (χ3v) is 3.99. The molecule has 0 atom stereocenters. The van der Waals surface area contributed by atoms with Gasteiger partial charge in [-0.15, -0.1) is 11.3 Å². The average Bonchev–Trinajstić information content (AvgIpc) is 2.77. The van der Waals surface area contributed by atoms with Crippen molar-refractivity contribution in [1.29, 1.82) is 0 Å². The molecule has 2 heterocycles. The van der Waals surface area contributed by atoms with Gasteiger partial charge in [0, 0.05) is 13.1 Å². The van der Waals surface area contributed by atoms with Crippen LogP contribution in [-0.2, 0) is 4.79 Å². The number of fused-ring (bicyclic) bond motifs is 1. The molecule has 0 bridgehead atoms. The van der Waals surface area contributed by atoms with Gasteiger partial charge in [0.25, 0.3) is 5.91 Å². The van der Waals surface area contributed by atoms with Gasteiger partial charge in [-0.05, 0) is 12.3 Å². The highest BCUT2D eigenvalue weighted by Crippen LogP contribution is 2.27. The Morgan fingerprint density at radius 1 is 1.39 bits per heavy atom. The Hall–Kier alpha value is -1.67. The van der Waals surface area contributed by atoms with Gasteiger partial charge in [0.2, 0.25) is 5.91 Å². The van der Waals surface area contributed by atoms with E-state index in [1.54, 1.807) is 6.07 Å². The molecule has 6 nitrogen and oxygen atoms in total. The normalized spacial score (nSPS) is 10.3. The number of aromatic nitrogens is 2. The predicted octanol–water partition coefficient (Wildman–Crippen LogP) is 1.19. The fraction of sp³-hybridized carbons (Fsp3) is 0.200. The number of nitrogens with zero attached hydrogens (tertiary/aromatic N) is 2. The van der Waals surface area contributed by atoms with Crippen LogP contribution in [0.1, 0.15) is 17.3 Å². The Morgan fingerprint density at radius 3 is 2.83 bits per heavy atom. The molecule has 0 radical (unpaired) electrons. The van der Waals surface area contributed by atoms with Crippen LogP contribution < -0.4 is 10.9 Å². The van der Waals surface area contributed by atoms with E-state index in [-0.39, 0.29) is 5.91 Å². The number of carbonyl (C=O) groups is 2. The lowest BCUT2D eigenvalue weighted by Crippen LogP contribution is -2.40. The first-order chi connectivity index (χ1) is 8.60. The molecule has 2 N–H and O–H groups in total. The van der Waals surface area contributed by atoms with Crippen molar-refractivity contribution in [3.8, 4) is 0 Å². The number of rotatable bonds is 2.